The van der Waals surface area contributed by atoms with Gasteiger partial charge in [-0.25, -0.2) is 8.42 Å². The standard InChI is InChI=1S/C19H40O4S.Na/c1-3-5-6-7-8-11-15-18(20)16-12-9-10-13-17-19(14-4-2)24(21,22)23;/h18-20H,3-17H2,1-2H3,(H,21,22,23);/q;+1/p-1. The third-order valence-corrected chi connectivity index (χ3v) is 6.01. The summed E-state index contributed by atoms with van der Waals surface area (Å²) in [6.07, 6.45) is 14.5. The summed E-state index contributed by atoms with van der Waals surface area (Å²) in [5.41, 5.74) is 0. The van der Waals surface area contributed by atoms with Gasteiger partial charge in [0, 0.05) is 5.25 Å². The minimum atomic E-state index is -4.14. The van der Waals surface area contributed by atoms with Crippen LogP contribution >= 0.6 is 0 Å². The fourth-order valence-corrected chi connectivity index (χ4v) is 4.14. The van der Waals surface area contributed by atoms with Gasteiger partial charge in [-0.1, -0.05) is 84.5 Å². The van der Waals surface area contributed by atoms with E-state index in [-0.39, 0.29) is 35.7 Å². The first-order valence-electron chi connectivity index (χ1n) is 10.0. The molecule has 146 valence electrons. The van der Waals surface area contributed by atoms with Gasteiger partial charge in [0.25, 0.3) is 0 Å². The molecule has 0 aliphatic heterocycles. The quantitative estimate of drug-likeness (QED) is 0.236. The molecule has 0 rings (SSSR count). The van der Waals surface area contributed by atoms with Crippen LogP contribution in [-0.4, -0.2) is 29.4 Å². The van der Waals surface area contributed by atoms with Crippen LogP contribution in [0.1, 0.15) is 110 Å². The largest absolute Gasteiger partial charge is 1.00 e. The summed E-state index contributed by atoms with van der Waals surface area (Å²) in [5, 5.41) is 9.25. The number of aliphatic hydroxyl groups excluding tert-OH is 1. The van der Waals surface area contributed by atoms with Crippen LogP contribution < -0.4 is 29.6 Å². The van der Waals surface area contributed by atoms with Gasteiger partial charge in [0.1, 0.15) is 0 Å². The van der Waals surface area contributed by atoms with E-state index in [1.165, 1.54) is 32.1 Å². The maximum Gasteiger partial charge on any atom is 1.00 e. The number of hydrogen-bond acceptors (Lipinski definition) is 4. The van der Waals surface area contributed by atoms with Crippen molar-refractivity contribution in [1.82, 2.24) is 0 Å². The predicted molar refractivity (Wildman–Crippen MR) is 100 cm³/mol. The molecular weight excluding hydrogens is 347 g/mol. The fourth-order valence-electron chi connectivity index (χ4n) is 3.17. The molecule has 0 aliphatic rings. The zero-order chi connectivity index (χ0) is 18.3. The summed E-state index contributed by atoms with van der Waals surface area (Å²) >= 11 is 0. The molecule has 25 heavy (non-hydrogen) atoms. The molecule has 0 aromatic heterocycles. The average molecular weight is 387 g/mol. The molecule has 0 amide bonds. The maximum absolute atomic E-state index is 11.1. The molecule has 0 heterocycles. The van der Waals surface area contributed by atoms with Gasteiger partial charge in [-0.2, -0.15) is 0 Å². The Balaban J connectivity index is 0. The number of aliphatic hydroxyl groups is 1. The van der Waals surface area contributed by atoms with Crippen LogP contribution in [0, 0.1) is 0 Å². The van der Waals surface area contributed by atoms with E-state index in [1.54, 1.807) is 0 Å². The molecule has 0 aliphatic carbocycles. The number of rotatable bonds is 17. The summed E-state index contributed by atoms with van der Waals surface area (Å²) in [7, 11) is -4.14. The SMILES string of the molecule is CCCCCCCCC(O)CCCCCCC(CCC)S(=O)(=O)[O-].[Na+]. The summed E-state index contributed by atoms with van der Waals surface area (Å²) < 4.78 is 33.4. The molecule has 6 heteroatoms. The summed E-state index contributed by atoms with van der Waals surface area (Å²) in [6.45, 7) is 4.12. The summed E-state index contributed by atoms with van der Waals surface area (Å²) in [5.74, 6) is 0. The monoisotopic (exact) mass is 386 g/mol. The van der Waals surface area contributed by atoms with Crippen LogP contribution in [-0.2, 0) is 10.1 Å². The van der Waals surface area contributed by atoms with E-state index in [4.69, 9.17) is 0 Å². The second-order valence-electron chi connectivity index (χ2n) is 7.11. The number of hydrogen-bond donors (Lipinski definition) is 1. The topological polar surface area (TPSA) is 77.4 Å². The van der Waals surface area contributed by atoms with Crippen LogP contribution in [0.25, 0.3) is 0 Å². The Morgan fingerprint density at radius 1 is 0.720 bits per heavy atom. The minimum Gasteiger partial charge on any atom is -0.748 e. The Morgan fingerprint density at radius 3 is 1.60 bits per heavy atom. The molecule has 0 fully saturated rings. The normalized spacial score (nSPS) is 14.1. The Kier molecular flexibility index (Phi) is 20.5. The molecular formula is C19H39NaO4S. The molecule has 2 unspecified atom stereocenters. The maximum atomic E-state index is 11.1. The van der Waals surface area contributed by atoms with Crippen molar-refractivity contribution in [3.8, 4) is 0 Å². The third kappa shape index (κ3) is 18.0. The molecule has 0 spiro atoms. The van der Waals surface area contributed by atoms with Gasteiger partial charge in [-0.15, -0.1) is 0 Å². The number of unbranched alkanes of at least 4 members (excludes halogenated alkanes) is 8. The Hall–Kier alpha value is 0.870. The third-order valence-electron chi connectivity index (χ3n) is 4.72. The summed E-state index contributed by atoms with van der Waals surface area (Å²) in [4.78, 5) is 0. The van der Waals surface area contributed by atoms with E-state index in [0.29, 0.717) is 12.8 Å². The van der Waals surface area contributed by atoms with Crippen molar-refractivity contribution in [2.24, 2.45) is 0 Å². The molecule has 1 N–H and O–H groups in total. The van der Waals surface area contributed by atoms with Gasteiger partial charge in [0.15, 0.2) is 0 Å². The van der Waals surface area contributed by atoms with Crippen molar-refractivity contribution >= 4 is 10.1 Å². The predicted octanol–water partition coefficient (Wildman–Crippen LogP) is 2.16. The van der Waals surface area contributed by atoms with Gasteiger partial charge >= 0.3 is 29.6 Å². The van der Waals surface area contributed by atoms with Crippen molar-refractivity contribution < 1.29 is 47.6 Å². The van der Waals surface area contributed by atoms with Gasteiger partial charge in [0.2, 0.25) is 0 Å². The van der Waals surface area contributed by atoms with Gasteiger partial charge in [0.05, 0.1) is 16.2 Å². The second kappa shape index (κ2) is 18.2. The van der Waals surface area contributed by atoms with Crippen LogP contribution in [0.5, 0.6) is 0 Å². The average Bonchev–Trinajstić information content (AvgIpc) is 2.52. The van der Waals surface area contributed by atoms with E-state index < -0.39 is 15.4 Å². The molecule has 0 bridgehead atoms. The molecule has 0 saturated heterocycles. The Morgan fingerprint density at radius 2 is 1.16 bits per heavy atom. The van der Waals surface area contributed by atoms with Gasteiger partial charge in [-0.3, -0.25) is 0 Å². The second-order valence-corrected chi connectivity index (χ2v) is 8.76. The van der Waals surface area contributed by atoms with Crippen molar-refractivity contribution in [2.45, 2.75) is 122 Å². The van der Waals surface area contributed by atoms with E-state index in [9.17, 15) is 18.1 Å². The van der Waals surface area contributed by atoms with Crippen LogP contribution in [0.4, 0.5) is 0 Å². The van der Waals surface area contributed by atoms with E-state index in [2.05, 4.69) is 6.92 Å². The molecule has 0 saturated carbocycles. The molecule has 0 radical (unpaired) electrons. The molecule has 0 aromatic rings. The first-order valence-corrected chi connectivity index (χ1v) is 11.5. The Labute approximate surface area is 178 Å². The Bertz CT molecular complexity index is 374. The summed E-state index contributed by atoms with van der Waals surface area (Å²) in [6, 6.07) is 0. The first-order chi connectivity index (χ1) is 11.4. The zero-order valence-electron chi connectivity index (χ0n) is 16.8. The van der Waals surface area contributed by atoms with Crippen LogP contribution in [0.15, 0.2) is 0 Å². The first kappa shape index (κ1) is 28.1. The molecule has 0 aromatic carbocycles. The van der Waals surface area contributed by atoms with Crippen LogP contribution in [0.3, 0.4) is 0 Å². The van der Waals surface area contributed by atoms with E-state index in [1.807, 2.05) is 6.92 Å². The minimum absolute atomic E-state index is 0. The van der Waals surface area contributed by atoms with Crippen molar-refractivity contribution in [3.63, 3.8) is 0 Å². The zero-order valence-corrected chi connectivity index (χ0v) is 19.7. The van der Waals surface area contributed by atoms with Gasteiger partial charge in [-0.05, 0) is 25.7 Å². The molecule has 2 atom stereocenters. The smallest absolute Gasteiger partial charge is 0.748 e. The molecule has 4 nitrogen and oxygen atoms in total. The van der Waals surface area contributed by atoms with E-state index in [0.717, 1.165) is 51.4 Å². The van der Waals surface area contributed by atoms with Crippen molar-refractivity contribution in [3.05, 3.63) is 0 Å². The van der Waals surface area contributed by atoms with E-state index >= 15 is 0 Å². The fraction of sp³-hybridized carbons (Fsp3) is 1.00. The van der Waals surface area contributed by atoms with Crippen molar-refractivity contribution in [1.29, 1.82) is 0 Å². The van der Waals surface area contributed by atoms with Gasteiger partial charge < -0.3 is 9.66 Å². The van der Waals surface area contributed by atoms with Crippen LogP contribution in [0.2, 0.25) is 0 Å². The van der Waals surface area contributed by atoms with Crippen molar-refractivity contribution in [2.75, 3.05) is 0 Å².